The van der Waals surface area contributed by atoms with E-state index in [0.717, 1.165) is 11.1 Å². The minimum Gasteiger partial charge on any atom is -0.505 e. The van der Waals surface area contributed by atoms with E-state index in [4.69, 9.17) is 4.74 Å². The molecule has 26 heavy (non-hydrogen) atoms. The van der Waals surface area contributed by atoms with Crippen molar-refractivity contribution in [1.82, 2.24) is 9.55 Å². The molecule has 0 spiro atoms. The number of ether oxygens (including phenoxy) is 1. The van der Waals surface area contributed by atoms with E-state index in [1.165, 1.54) is 11.3 Å². The van der Waals surface area contributed by atoms with Crippen LogP contribution in [-0.2, 0) is 44.0 Å². The first-order chi connectivity index (χ1) is 11.6. The fourth-order valence-electron chi connectivity index (χ4n) is 2.53. The molecule has 139 valence electrons. The van der Waals surface area contributed by atoms with Gasteiger partial charge in [-0.05, 0) is 18.1 Å². The summed E-state index contributed by atoms with van der Waals surface area (Å²) in [7, 11) is 1.59. The number of methoxy groups -OCH3 is 1. The molecule has 3 rings (SSSR count). The SMILES string of the molecule is CC.COCCn1c(=O)c(-c2ccccc2C)c(O)c2scnc21.[CH3-].[Y]. The Balaban J connectivity index is 0.00000151. The number of hydrogen-bond acceptors (Lipinski definition) is 5. The predicted molar refractivity (Wildman–Crippen MR) is 105 cm³/mol. The molecule has 1 aromatic carbocycles. The molecule has 0 saturated heterocycles. The van der Waals surface area contributed by atoms with E-state index < -0.39 is 0 Å². The van der Waals surface area contributed by atoms with Crippen molar-refractivity contribution >= 4 is 21.7 Å². The van der Waals surface area contributed by atoms with Crippen LogP contribution in [-0.4, -0.2) is 28.4 Å². The van der Waals surface area contributed by atoms with Crippen molar-refractivity contribution in [3.8, 4) is 16.9 Å². The fraction of sp³-hybridized carbons (Fsp3) is 0.316. The Morgan fingerprint density at radius 2 is 1.92 bits per heavy atom. The van der Waals surface area contributed by atoms with Crippen molar-refractivity contribution in [2.24, 2.45) is 0 Å². The quantitative estimate of drug-likeness (QED) is 0.604. The van der Waals surface area contributed by atoms with Crippen molar-refractivity contribution in [2.45, 2.75) is 27.3 Å². The predicted octanol–water partition coefficient (Wildman–Crippen LogP) is 4.26. The van der Waals surface area contributed by atoms with Crippen LogP contribution >= 0.6 is 11.3 Å². The van der Waals surface area contributed by atoms with Crippen molar-refractivity contribution < 1.29 is 42.6 Å². The van der Waals surface area contributed by atoms with Crippen molar-refractivity contribution in [3.63, 3.8) is 0 Å². The summed E-state index contributed by atoms with van der Waals surface area (Å²) in [6, 6.07) is 7.53. The Labute approximate surface area is 183 Å². The molecule has 3 aromatic rings. The van der Waals surface area contributed by atoms with Gasteiger partial charge >= 0.3 is 0 Å². The van der Waals surface area contributed by atoms with E-state index in [-0.39, 0.29) is 51.4 Å². The summed E-state index contributed by atoms with van der Waals surface area (Å²) in [5.41, 5.74) is 3.90. The van der Waals surface area contributed by atoms with Crippen LogP contribution in [0.25, 0.3) is 21.5 Å². The number of pyridine rings is 1. The second-order valence-corrected chi connectivity index (χ2v) is 5.85. The number of aromatic nitrogens is 2. The van der Waals surface area contributed by atoms with Gasteiger partial charge in [-0.3, -0.25) is 9.36 Å². The molecule has 7 heteroatoms. The number of benzene rings is 1. The molecule has 0 atom stereocenters. The van der Waals surface area contributed by atoms with Gasteiger partial charge in [-0.25, -0.2) is 4.98 Å². The maximum atomic E-state index is 12.9. The third kappa shape index (κ3) is 4.80. The molecule has 0 fully saturated rings. The van der Waals surface area contributed by atoms with Gasteiger partial charge in [-0.15, -0.1) is 11.3 Å². The normalized spacial score (nSPS) is 9.69. The smallest absolute Gasteiger partial charge is 0.263 e. The minimum atomic E-state index is -0.248. The van der Waals surface area contributed by atoms with Gasteiger partial charge in [0.1, 0.15) is 10.4 Å². The Hall–Kier alpha value is -1.08. The largest absolute Gasteiger partial charge is 0.505 e. The molecule has 1 radical (unpaired) electrons. The third-order valence-electron chi connectivity index (χ3n) is 3.65. The summed E-state index contributed by atoms with van der Waals surface area (Å²) in [5, 5.41) is 10.6. The van der Waals surface area contributed by atoms with Gasteiger partial charge in [-0.2, -0.15) is 0 Å². The molecule has 0 aliphatic carbocycles. The van der Waals surface area contributed by atoms with Crippen molar-refractivity contribution in [1.29, 1.82) is 0 Å². The number of rotatable bonds is 4. The Kier molecular flexibility index (Phi) is 11.1. The number of fused-ring (bicyclic) bond motifs is 1. The topological polar surface area (TPSA) is 64.3 Å². The summed E-state index contributed by atoms with van der Waals surface area (Å²) in [4.78, 5) is 17.1. The molecule has 0 bridgehead atoms. The molecule has 5 nitrogen and oxygen atoms in total. The van der Waals surface area contributed by atoms with Crippen LogP contribution in [0.4, 0.5) is 0 Å². The van der Waals surface area contributed by atoms with E-state index in [9.17, 15) is 9.90 Å². The molecule has 1 N–H and O–H groups in total. The zero-order chi connectivity index (χ0) is 17.7. The van der Waals surface area contributed by atoms with Gasteiger partial charge in [-0.1, -0.05) is 38.1 Å². The average Bonchev–Trinajstić information content (AvgIpc) is 3.08. The van der Waals surface area contributed by atoms with Gasteiger partial charge in [0.05, 0.1) is 24.2 Å². The van der Waals surface area contributed by atoms with E-state index >= 15 is 0 Å². The number of hydrogen-bond donors (Lipinski definition) is 1. The molecule has 0 amide bonds. The first-order valence-electron chi connectivity index (χ1n) is 7.89. The van der Waals surface area contributed by atoms with E-state index in [0.29, 0.717) is 29.1 Å². The Morgan fingerprint density at radius 3 is 2.54 bits per heavy atom. The van der Waals surface area contributed by atoms with Gasteiger partial charge in [0, 0.05) is 39.8 Å². The molecule has 0 aliphatic heterocycles. The van der Waals surface area contributed by atoms with Crippen LogP contribution in [0.5, 0.6) is 5.75 Å². The fourth-order valence-corrected chi connectivity index (χ4v) is 3.27. The van der Waals surface area contributed by atoms with Gasteiger partial charge < -0.3 is 17.3 Å². The molecule has 0 saturated carbocycles. The van der Waals surface area contributed by atoms with E-state index in [1.54, 1.807) is 17.2 Å². The Bertz CT molecular complexity index is 890. The standard InChI is InChI=1S/C16H16N2O3S.C2H6.CH3.Y/c1-10-5-3-4-6-11(10)12-13(19)14-15(17-9-22-14)18(16(12)20)7-8-21-2;1-2;;/h3-6,9,19H,7-8H2,1-2H3;1-2H3;1H3;/q;;-1;. The average molecular weight is 450 g/mol. The van der Waals surface area contributed by atoms with Gasteiger partial charge in [0.2, 0.25) is 0 Å². The summed E-state index contributed by atoms with van der Waals surface area (Å²) >= 11 is 1.32. The van der Waals surface area contributed by atoms with Crippen LogP contribution in [0, 0.1) is 14.4 Å². The second kappa shape index (κ2) is 11.6. The zero-order valence-electron chi connectivity index (χ0n) is 15.9. The summed E-state index contributed by atoms with van der Waals surface area (Å²) in [5.74, 6) is 0.00506. The van der Waals surface area contributed by atoms with Crippen LogP contribution in [0.2, 0.25) is 0 Å². The first kappa shape index (κ1) is 24.9. The number of thiazole rings is 1. The van der Waals surface area contributed by atoms with E-state index in [1.807, 2.05) is 45.0 Å². The summed E-state index contributed by atoms with van der Waals surface area (Å²) < 4.78 is 7.26. The van der Waals surface area contributed by atoms with E-state index in [2.05, 4.69) is 4.98 Å². The van der Waals surface area contributed by atoms with Gasteiger partial charge in [0.25, 0.3) is 5.56 Å². The number of nitrogens with zero attached hydrogens (tertiary/aromatic N) is 2. The summed E-state index contributed by atoms with van der Waals surface area (Å²) in [6.45, 7) is 6.73. The van der Waals surface area contributed by atoms with Crippen molar-refractivity contribution in [3.05, 3.63) is 53.1 Å². The molecule has 0 unspecified atom stereocenters. The monoisotopic (exact) mass is 450 g/mol. The molecule has 0 aliphatic rings. The van der Waals surface area contributed by atoms with Crippen LogP contribution in [0.3, 0.4) is 0 Å². The maximum absolute atomic E-state index is 12.9. The Morgan fingerprint density at radius 1 is 1.27 bits per heavy atom. The molecular formula is C19H25N2O3SY-. The molecular weight excluding hydrogens is 425 g/mol. The second-order valence-electron chi connectivity index (χ2n) is 4.99. The third-order valence-corrected chi connectivity index (χ3v) is 4.47. The zero-order valence-corrected chi connectivity index (χ0v) is 19.6. The van der Waals surface area contributed by atoms with Gasteiger partial charge in [0.15, 0.2) is 5.65 Å². The number of aromatic hydroxyl groups is 1. The van der Waals surface area contributed by atoms with Crippen LogP contribution in [0.15, 0.2) is 34.6 Å². The van der Waals surface area contributed by atoms with Crippen molar-refractivity contribution in [2.75, 3.05) is 13.7 Å². The summed E-state index contributed by atoms with van der Waals surface area (Å²) in [6.07, 6.45) is 0. The first-order valence-corrected chi connectivity index (χ1v) is 8.77. The van der Waals surface area contributed by atoms with Crippen LogP contribution in [0.1, 0.15) is 19.4 Å². The maximum Gasteiger partial charge on any atom is 0.263 e. The molecule has 2 aromatic heterocycles. The minimum absolute atomic E-state index is 0. The van der Waals surface area contributed by atoms with Crippen LogP contribution < -0.4 is 5.56 Å². The molecule has 2 heterocycles. The number of aryl methyl sites for hydroxylation is 1.